The summed E-state index contributed by atoms with van der Waals surface area (Å²) >= 11 is 0. The first-order valence-electron chi connectivity index (χ1n) is 9.76. The van der Waals surface area contributed by atoms with Crippen molar-refractivity contribution in [1.29, 1.82) is 0 Å². The molecule has 1 heterocycles. The van der Waals surface area contributed by atoms with E-state index in [9.17, 15) is 8.78 Å². The van der Waals surface area contributed by atoms with Gasteiger partial charge >= 0.3 is 0 Å². The number of benzene rings is 1. The van der Waals surface area contributed by atoms with Crippen molar-refractivity contribution in [2.75, 3.05) is 30.4 Å². The summed E-state index contributed by atoms with van der Waals surface area (Å²) in [5.41, 5.74) is 8.00. The van der Waals surface area contributed by atoms with Crippen LogP contribution in [0.25, 0.3) is 0 Å². The summed E-state index contributed by atoms with van der Waals surface area (Å²) in [5, 5.41) is 0. The summed E-state index contributed by atoms with van der Waals surface area (Å²) in [4.78, 5) is 8.74. The highest BCUT2D eigenvalue weighted by Gasteiger charge is 2.32. The number of anilines is 2. The number of para-hydroxylation sites is 2. The number of fused-ring (bicyclic) bond motifs is 1. The molecule has 1 saturated carbocycles. The first-order valence-corrected chi connectivity index (χ1v) is 9.76. The maximum atomic E-state index is 13.5. The van der Waals surface area contributed by atoms with Gasteiger partial charge in [0.15, 0.2) is 0 Å². The van der Waals surface area contributed by atoms with E-state index in [0.717, 1.165) is 30.1 Å². The summed E-state index contributed by atoms with van der Waals surface area (Å²) in [5.74, 6) is 0.729. The van der Waals surface area contributed by atoms with Crippen molar-refractivity contribution in [3.05, 3.63) is 35.5 Å². The molecule has 3 rings (SSSR count). The minimum Gasteiger partial charge on any atom is -0.397 e. The minimum absolute atomic E-state index is 0.237. The van der Waals surface area contributed by atoms with Crippen LogP contribution in [0.3, 0.4) is 0 Å². The van der Waals surface area contributed by atoms with E-state index in [0.29, 0.717) is 12.1 Å². The number of rotatable bonds is 6. The van der Waals surface area contributed by atoms with E-state index in [-0.39, 0.29) is 17.8 Å². The molecule has 1 aliphatic heterocycles. The van der Waals surface area contributed by atoms with Gasteiger partial charge in [0.05, 0.1) is 29.2 Å². The summed E-state index contributed by atoms with van der Waals surface area (Å²) in [6.07, 6.45) is 3.45. The fourth-order valence-electron chi connectivity index (χ4n) is 4.17. The molecular weight excluding hydrogens is 346 g/mol. The van der Waals surface area contributed by atoms with Crippen LogP contribution >= 0.6 is 0 Å². The Morgan fingerprint density at radius 3 is 2.56 bits per heavy atom. The molecule has 2 aliphatic rings. The van der Waals surface area contributed by atoms with Crippen LogP contribution in [0.5, 0.6) is 0 Å². The average molecular weight is 376 g/mol. The highest BCUT2D eigenvalue weighted by molar-refractivity contribution is 5.85. The SMILES string of the molecule is CCCC1CC(N=CC(=C(N)C(F)F)C2CN(C)c3ccccc3N2C)C1. The molecule has 1 fully saturated rings. The fraction of sp³-hybridized carbons (Fsp3) is 0.571. The lowest BCUT2D eigenvalue weighted by molar-refractivity contribution is 0.186. The smallest absolute Gasteiger partial charge is 0.278 e. The van der Waals surface area contributed by atoms with Crippen molar-refractivity contribution in [3.8, 4) is 0 Å². The van der Waals surface area contributed by atoms with Crippen LogP contribution in [0.2, 0.25) is 0 Å². The molecule has 1 atom stereocenters. The predicted molar refractivity (Wildman–Crippen MR) is 109 cm³/mol. The van der Waals surface area contributed by atoms with Crippen molar-refractivity contribution >= 4 is 17.6 Å². The molecule has 27 heavy (non-hydrogen) atoms. The standard InChI is InChI=1S/C21H30F2N4/c1-4-7-14-10-15(11-14)25-12-16(20(24)21(22)23)19-13-26(2)17-8-5-6-9-18(17)27(19)3/h5-6,8-9,12,14-15,19,21H,4,7,10-11,13,24H2,1-3H3. The van der Waals surface area contributed by atoms with E-state index in [2.05, 4.69) is 16.8 Å². The lowest BCUT2D eigenvalue weighted by Gasteiger charge is -2.42. The Hall–Kier alpha value is -2.11. The Balaban J connectivity index is 1.84. The van der Waals surface area contributed by atoms with Crippen LogP contribution in [0.1, 0.15) is 32.6 Å². The molecule has 148 valence electrons. The van der Waals surface area contributed by atoms with Crippen LogP contribution in [-0.4, -0.2) is 45.4 Å². The van der Waals surface area contributed by atoms with Crippen LogP contribution in [0, 0.1) is 5.92 Å². The van der Waals surface area contributed by atoms with Crippen molar-refractivity contribution in [2.45, 2.75) is 51.1 Å². The average Bonchev–Trinajstić information content (AvgIpc) is 2.62. The molecule has 6 heteroatoms. The molecule has 4 nitrogen and oxygen atoms in total. The van der Waals surface area contributed by atoms with Gasteiger partial charge < -0.3 is 15.5 Å². The molecule has 0 bridgehead atoms. The van der Waals surface area contributed by atoms with Gasteiger partial charge in [-0.05, 0) is 30.9 Å². The Labute approximate surface area is 160 Å². The van der Waals surface area contributed by atoms with Gasteiger partial charge in [-0.15, -0.1) is 0 Å². The van der Waals surface area contributed by atoms with Gasteiger partial charge in [-0.1, -0.05) is 31.9 Å². The summed E-state index contributed by atoms with van der Waals surface area (Å²) in [6.45, 7) is 2.78. The Kier molecular flexibility index (Phi) is 6.02. The third-order valence-electron chi connectivity index (χ3n) is 5.85. The monoisotopic (exact) mass is 376 g/mol. The van der Waals surface area contributed by atoms with Crippen LogP contribution in [0.15, 0.2) is 40.5 Å². The van der Waals surface area contributed by atoms with Crippen molar-refractivity contribution in [2.24, 2.45) is 16.6 Å². The lowest BCUT2D eigenvalue weighted by Crippen LogP contribution is -2.48. The zero-order valence-corrected chi connectivity index (χ0v) is 16.4. The molecule has 0 saturated heterocycles. The topological polar surface area (TPSA) is 44.9 Å². The molecule has 2 N–H and O–H groups in total. The first-order chi connectivity index (χ1) is 12.9. The second-order valence-electron chi connectivity index (χ2n) is 7.77. The lowest BCUT2D eigenvalue weighted by atomic mass is 9.78. The zero-order valence-electron chi connectivity index (χ0n) is 16.4. The second-order valence-corrected chi connectivity index (χ2v) is 7.77. The number of nitrogens with two attached hydrogens (primary N) is 1. The quantitative estimate of drug-likeness (QED) is 0.761. The van der Waals surface area contributed by atoms with E-state index in [1.54, 1.807) is 6.21 Å². The highest BCUT2D eigenvalue weighted by atomic mass is 19.3. The normalized spacial score (nSPS) is 26.2. The maximum Gasteiger partial charge on any atom is 0.278 e. The Bertz CT molecular complexity index is 710. The number of likely N-dealkylation sites (N-methyl/N-ethyl adjacent to an activating group) is 2. The molecule has 0 amide bonds. The zero-order chi connectivity index (χ0) is 19.6. The molecular formula is C21H30F2N4. The fourth-order valence-corrected chi connectivity index (χ4v) is 4.17. The van der Waals surface area contributed by atoms with E-state index in [1.165, 1.54) is 12.8 Å². The van der Waals surface area contributed by atoms with E-state index < -0.39 is 6.43 Å². The number of aliphatic imine (C=N–C) groups is 1. The highest BCUT2D eigenvalue weighted by Crippen LogP contribution is 2.36. The number of allylic oxidation sites excluding steroid dienone is 1. The van der Waals surface area contributed by atoms with Gasteiger partial charge in [0.2, 0.25) is 0 Å². The third kappa shape index (κ3) is 4.09. The molecule has 1 aromatic carbocycles. The largest absolute Gasteiger partial charge is 0.397 e. The van der Waals surface area contributed by atoms with Gasteiger partial charge in [0.25, 0.3) is 6.43 Å². The van der Waals surface area contributed by atoms with Gasteiger partial charge in [0.1, 0.15) is 0 Å². The molecule has 1 aliphatic carbocycles. The third-order valence-corrected chi connectivity index (χ3v) is 5.85. The van der Waals surface area contributed by atoms with Crippen LogP contribution < -0.4 is 15.5 Å². The summed E-state index contributed by atoms with van der Waals surface area (Å²) < 4.78 is 26.9. The molecule has 0 radical (unpaired) electrons. The van der Waals surface area contributed by atoms with Gasteiger partial charge in [0, 0.05) is 32.4 Å². The maximum absolute atomic E-state index is 13.5. The second kappa shape index (κ2) is 8.28. The summed E-state index contributed by atoms with van der Waals surface area (Å²) in [6, 6.07) is 7.97. The molecule has 1 unspecified atom stereocenters. The number of alkyl halides is 2. The Morgan fingerprint density at radius 1 is 1.26 bits per heavy atom. The molecule has 0 aromatic heterocycles. The molecule has 0 spiro atoms. The van der Waals surface area contributed by atoms with Crippen molar-refractivity contribution in [1.82, 2.24) is 0 Å². The number of nitrogens with zero attached hydrogens (tertiary/aromatic N) is 3. The Morgan fingerprint density at radius 2 is 1.93 bits per heavy atom. The predicted octanol–water partition coefficient (Wildman–Crippen LogP) is 4.07. The van der Waals surface area contributed by atoms with Gasteiger partial charge in [-0.3, -0.25) is 4.99 Å². The van der Waals surface area contributed by atoms with Gasteiger partial charge in [-0.2, -0.15) is 0 Å². The van der Waals surface area contributed by atoms with E-state index in [1.807, 2.05) is 43.3 Å². The molecule has 1 aromatic rings. The van der Waals surface area contributed by atoms with Crippen LogP contribution in [-0.2, 0) is 0 Å². The summed E-state index contributed by atoms with van der Waals surface area (Å²) in [7, 11) is 3.91. The van der Waals surface area contributed by atoms with E-state index in [4.69, 9.17) is 5.73 Å². The first kappa shape index (κ1) is 19.6. The van der Waals surface area contributed by atoms with Gasteiger partial charge in [-0.25, -0.2) is 8.78 Å². The van der Waals surface area contributed by atoms with E-state index >= 15 is 0 Å². The minimum atomic E-state index is -2.68. The number of hydrogen-bond donors (Lipinski definition) is 1. The number of hydrogen-bond acceptors (Lipinski definition) is 4. The van der Waals surface area contributed by atoms with Crippen LogP contribution in [0.4, 0.5) is 20.2 Å². The number of halogens is 2. The van der Waals surface area contributed by atoms with Crippen molar-refractivity contribution < 1.29 is 8.78 Å². The van der Waals surface area contributed by atoms with Crippen molar-refractivity contribution in [3.63, 3.8) is 0 Å².